The minimum atomic E-state index is -1.14. The van der Waals surface area contributed by atoms with E-state index >= 15 is 0 Å². The molecule has 0 heterocycles. The van der Waals surface area contributed by atoms with Gasteiger partial charge < -0.3 is 0 Å². The van der Waals surface area contributed by atoms with Crippen LogP contribution in [-0.4, -0.2) is 11.6 Å². The van der Waals surface area contributed by atoms with Gasteiger partial charge in [0.1, 0.15) is 0 Å². The van der Waals surface area contributed by atoms with Gasteiger partial charge in [0.2, 0.25) is 0 Å². The molecule has 3 nitrogen and oxygen atoms in total. The molecular formula is C18H15NO2. The van der Waals surface area contributed by atoms with E-state index in [-0.39, 0.29) is 11.6 Å². The molecule has 0 saturated carbocycles. The van der Waals surface area contributed by atoms with Gasteiger partial charge in [-0.15, -0.1) is 0 Å². The lowest BCUT2D eigenvalue weighted by atomic mass is 9.78. The molecule has 0 fully saturated rings. The third-order valence-electron chi connectivity index (χ3n) is 3.45. The number of carbonyl (C=O) groups is 2. The first-order chi connectivity index (χ1) is 9.96. The van der Waals surface area contributed by atoms with Crippen LogP contribution in [0.25, 0.3) is 0 Å². The van der Waals surface area contributed by atoms with Gasteiger partial charge in [-0.3, -0.25) is 9.59 Å². The zero-order valence-electron chi connectivity index (χ0n) is 12.0. The number of carbonyl (C=O) groups excluding carboxylic acids is 2. The van der Waals surface area contributed by atoms with Crippen molar-refractivity contribution in [2.45, 2.75) is 13.8 Å². The summed E-state index contributed by atoms with van der Waals surface area (Å²) in [6, 6.07) is 17.1. The van der Waals surface area contributed by atoms with Gasteiger partial charge in [0, 0.05) is 11.1 Å². The maximum Gasteiger partial charge on any atom is 0.176 e. The molecule has 2 aromatic carbocycles. The highest BCUT2D eigenvalue weighted by Gasteiger charge is 2.36. The van der Waals surface area contributed by atoms with Gasteiger partial charge in [0.05, 0.1) is 17.0 Å². The third kappa shape index (κ3) is 2.90. The molecule has 21 heavy (non-hydrogen) atoms. The second-order valence-electron chi connectivity index (χ2n) is 5.34. The van der Waals surface area contributed by atoms with Gasteiger partial charge in [-0.2, -0.15) is 5.26 Å². The summed E-state index contributed by atoms with van der Waals surface area (Å²) in [6.45, 7) is 3.26. The third-order valence-corrected chi connectivity index (χ3v) is 3.45. The molecule has 0 spiro atoms. The fraction of sp³-hybridized carbons (Fsp3) is 0.167. The van der Waals surface area contributed by atoms with E-state index in [9.17, 15) is 9.59 Å². The minimum Gasteiger partial charge on any atom is -0.293 e. The average Bonchev–Trinajstić information content (AvgIpc) is 2.54. The Balaban J connectivity index is 2.32. The quantitative estimate of drug-likeness (QED) is 0.633. The van der Waals surface area contributed by atoms with Crippen molar-refractivity contribution in [3.63, 3.8) is 0 Å². The molecule has 0 aliphatic rings. The highest BCUT2D eigenvalue weighted by atomic mass is 16.2. The smallest absolute Gasteiger partial charge is 0.176 e. The van der Waals surface area contributed by atoms with Gasteiger partial charge in [0.15, 0.2) is 11.6 Å². The Morgan fingerprint density at radius 3 is 1.81 bits per heavy atom. The van der Waals surface area contributed by atoms with Gasteiger partial charge in [-0.05, 0) is 26.0 Å². The fourth-order valence-corrected chi connectivity index (χ4v) is 2.11. The minimum absolute atomic E-state index is 0.211. The zero-order valence-corrected chi connectivity index (χ0v) is 12.0. The lowest BCUT2D eigenvalue weighted by molar-refractivity contribution is 0.0711. The van der Waals surface area contributed by atoms with Crippen molar-refractivity contribution >= 4 is 11.6 Å². The van der Waals surface area contributed by atoms with E-state index in [2.05, 4.69) is 0 Å². The molecule has 2 rings (SSSR count). The van der Waals surface area contributed by atoms with Gasteiger partial charge >= 0.3 is 0 Å². The first-order valence-electron chi connectivity index (χ1n) is 6.61. The molecule has 3 heteroatoms. The second-order valence-corrected chi connectivity index (χ2v) is 5.34. The summed E-state index contributed by atoms with van der Waals surface area (Å²) in [4.78, 5) is 25.1. The van der Waals surface area contributed by atoms with E-state index in [0.717, 1.165) is 0 Å². The van der Waals surface area contributed by atoms with E-state index in [1.165, 1.54) is 0 Å². The summed E-state index contributed by atoms with van der Waals surface area (Å²) in [5.74, 6) is -0.460. The molecule has 0 N–H and O–H groups in total. The van der Waals surface area contributed by atoms with E-state index in [1.54, 1.807) is 62.4 Å². The summed E-state index contributed by atoms with van der Waals surface area (Å²) in [7, 11) is 0. The van der Waals surface area contributed by atoms with E-state index in [4.69, 9.17) is 5.26 Å². The highest BCUT2D eigenvalue weighted by Crippen LogP contribution is 2.27. The Bertz CT molecular complexity index is 707. The monoisotopic (exact) mass is 277 g/mol. The first kappa shape index (κ1) is 14.7. The molecule has 104 valence electrons. The molecule has 0 unspecified atom stereocenters. The number of hydrogen-bond donors (Lipinski definition) is 0. The van der Waals surface area contributed by atoms with Crippen LogP contribution in [0.1, 0.15) is 40.1 Å². The van der Waals surface area contributed by atoms with Crippen LogP contribution in [0.4, 0.5) is 0 Å². The molecule has 0 aliphatic carbocycles. The van der Waals surface area contributed by atoms with Crippen LogP contribution in [0.15, 0.2) is 54.6 Å². The standard InChI is InChI=1S/C18H15NO2/c1-18(2,16(20)14-6-4-3-5-7-14)17(21)15-10-8-13(12-19)9-11-15/h3-11H,1-2H3. The maximum absolute atomic E-state index is 12.6. The molecule has 0 saturated heterocycles. The van der Waals surface area contributed by atoms with Gasteiger partial charge in [0.25, 0.3) is 0 Å². The highest BCUT2D eigenvalue weighted by molar-refractivity contribution is 6.19. The topological polar surface area (TPSA) is 57.9 Å². The Labute approximate surface area is 123 Å². The zero-order chi connectivity index (χ0) is 15.5. The molecule has 2 aromatic rings. The number of nitriles is 1. The van der Waals surface area contributed by atoms with Crippen LogP contribution in [0.2, 0.25) is 0 Å². The van der Waals surface area contributed by atoms with Crippen molar-refractivity contribution in [3.8, 4) is 6.07 Å². The van der Waals surface area contributed by atoms with Crippen LogP contribution in [0, 0.1) is 16.7 Å². The molecule has 0 aliphatic heterocycles. The van der Waals surface area contributed by atoms with Crippen molar-refractivity contribution in [1.82, 2.24) is 0 Å². The number of nitrogens with zero attached hydrogens (tertiary/aromatic N) is 1. The molecule has 0 amide bonds. The van der Waals surface area contributed by atoms with Crippen molar-refractivity contribution in [2.75, 3.05) is 0 Å². The molecule has 0 aromatic heterocycles. The Morgan fingerprint density at radius 1 is 0.857 bits per heavy atom. The Morgan fingerprint density at radius 2 is 1.33 bits per heavy atom. The van der Waals surface area contributed by atoms with Crippen LogP contribution < -0.4 is 0 Å². The van der Waals surface area contributed by atoms with E-state index in [1.807, 2.05) is 12.1 Å². The Hall–Kier alpha value is -2.73. The van der Waals surface area contributed by atoms with Crippen LogP contribution >= 0.6 is 0 Å². The molecule has 0 atom stereocenters. The second kappa shape index (κ2) is 5.72. The predicted molar refractivity (Wildman–Crippen MR) is 80.0 cm³/mol. The number of benzene rings is 2. The van der Waals surface area contributed by atoms with Gasteiger partial charge in [-0.1, -0.05) is 42.5 Å². The normalized spacial score (nSPS) is 10.7. The summed E-state index contributed by atoms with van der Waals surface area (Å²) >= 11 is 0. The van der Waals surface area contributed by atoms with E-state index < -0.39 is 5.41 Å². The SMILES string of the molecule is CC(C)(C(=O)c1ccccc1)C(=O)c1ccc(C#N)cc1. The number of ketones is 2. The number of rotatable bonds is 4. The van der Waals surface area contributed by atoms with E-state index in [0.29, 0.717) is 16.7 Å². The molecule has 0 bridgehead atoms. The number of Topliss-reactive ketones (excluding diaryl/α,β-unsaturated/α-hetero) is 2. The summed E-state index contributed by atoms with van der Waals surface area (Å²) in [6.07, 6.45) is 0. The first-order valence-corrected chi connectivity index (χ1v) is 6.61. The largest absolute Gasteiger partial charge is 0.293 e. The van der Waals surface area contributed by atoms with Crippen LogP contribution in [0.5, 0.6) is 0 Å². The summed E-state index contributed by atoms with van der Waals surface area (Å²) < 4.78 is 0. The Kier molecular flexibility index (Phi) is 4.00. The van der Waals surface area contributed by atoms with Crippen molar-refractivity contribution in [1.29, 1.82) is 5.26 Å². The lowest BCUT2D eigenvalue weighted by Gasteiger charge is -2.21. The summed E-state index contributed by atoms with van der Waals surface area (Å²) in [5, 5.41) is 8.77. The average molecular weight is 277 g/mol. The predicted octanol–water partition coefficient (Wildman–Crippen LogP) is 3.65. The lowest BCUT2D eigenvalue weighted by Crippen LogP contribution is -2.33. The van der Waals surface area contributed by atoms with Gasteiger partial charge in [-0.25, -0.2) is 0 Å². The van der Waals surface area contributed by atoms with Crippen molar-refractivity contribution < 1.29 is 9.59 Å². The number of hydrogen-bond acceptors (Lipinski definition) is 3. The summed E-state index contributed by atoms with van der Waals surface area (Å²) in [5.41, 5.74) is 0.293. The maximum atomic E-state index is 12.6. The molecular weight excluding hydrogens is 262 g/mol. The van der Waals surface area contributed by atoms with Crippen LogP contribution in [0.3, 0.4) is 0 Å². The molecule has 0 radical (unpaired) electrons. The van der Waals surface area contributed by atoms with Crippen LogP contribution in [-0.2, 0) is 0 Å². The van der Waals surface area contributed by atoms with Crippen molar-refractivity contribution in [2.24, 2.45) is 5.41 Å². The fourth-order valence-electron chi connectivity index (χ4n) is 2.11. The van der Waals surface area contributed by atoms with Crippen molar-refractivity contribution in [3.05, 3.63) is 71.3 Å².